The number of hydrogen-bond donors (Lipinski definition) is 2. The van der Waals surface area contributed by atoms with Crippen LogP contribution in [-0.4, -0.2) is 70.0 Å². The Morgan fingerprint density at radius 3 is 2.65 bits per heavy atom. The van der Waals surface area contributed by atoms with E-state index in [0.29, 0.717) is 31.8 Å². The Bertz CT molecular complexity index is 418. The number of carboxylic acid groups (broad SMARTS) is 1. The quantitative estimate of drug-likeness (QED) is 0.735. The highest BCUT2D eigenvalue weighted by Gasteiger charge is 2.37. The minimum atomic E-state index is -0.965. The number of piperidine rings is 1. The van der Waals surface area contributed by atoms with Crippen LogP contribution in [0.25, 0.3) is 0 Å². The number of primary amides is 1. The molecule has 2 atom stereocenters. The molecular weight excluding hydrogens is 282 g/mol. The van der Waals surface area contributed by atoms with Crippen molar-refractivity contribution in [3.8, 4) is 0 Å². The lowest BCUT2D eigenvalue weighted by Gasteiger charge is -2.38. The van der Waals surface area contributed by atoms with Crippen molar-refractivity contribution in [2.45, 2.75) is 18.9 Å². The van der Waals surface area contributed by atoms with E-state index in [9.17, 15) is 19.5 Å². The van der Waals surface area contributed by atoms with E-state index in [1.54, 1.807) is 11.8 Å². The van der Waals surface area contributed by atoms with Crippen molar-refractivity contribution in [3.05, 3.63) is 0 Å². The van der Waals surface area contributed by atoms with Crippen molar-refractivity contribution in [1.29, 1.82) is 0 Å². The van der Waals surface area contributed by atoms with Gasteiger partial charge in [-0.3, -0.25) is 4.79 Å². The van der Waals surface area contributed by atoms with E-state index in [4.69, 9.17) is 5.73 Å². The van der Waals surface area contributed by atoms with Gasteiger partial charge in [0.25, 0.3) is 0 Å². The van der Waals surface area contributed by atoms with Gasteiger partial charge in [-0.05, 0) is 12.8 Å². The zero-order chi connectivity index (χ0) is 14.7. The molecule has 0 bridgehead atoms. The van der Waals surface area contributed by atoms with Crippen LogP contribution in [0.15, 0.2) is 0 Å². The van der Waals surface area contributed by atoms with Crippen LogP contribution in [0.4, 0.5) is 4.79 Å². The molecular formula is C12H19N3O4S. The van der Waals surface area contributed by atoms with Crippen LogP contribution < -0.4 is 5.73 Å². The normalized spacial score (nSPS) is 27.2. The van der Waals surface area contributed by atoms with E-state index < -0.39 is 18.0 Å². The predicted octanol–water partition coefficient (Wildman–Crippen LogP) is -0.194. The second kappa shape index (κ2) is 6.34. The summed E-state index contributed by atoms with van der Waals surface area (Å²) in [6.07, 6.45) is 1.40. The molecule has 2 unspecified atom stereocenters. The largest absolute Gasteiger partial charge is 0.480 e. The van der Waals surface area contributed by atoms with Crippen molar-refractivity contribution in [2.75, 3.05) is 31.1 Å². The fourth-order valence-corrected chi connectivity index (χ4v) is 3.72. The molecule has 7 nitrogen and oxygen atoms in total. The fourth-order valence-electron chi connectivity index (χ4n) is 2.69. The van der Waals surface area contributed by atoms with Crippen LogP contribution in [-0.2, 0) is 9.59 Å². The second-order valence-corrected chi connectivity index (χ2v) is 6.23. The van der Waals surface area contributed by atoms with Gasteiger partial charge in [0.1, 0.15) is 6.04 Å². The van der Waals surface area contributed by atoms with Crippen molar-refractivity contribution in [2.24, 2.45) is 11.7 Å². The summed E-state index contributed by atoms with van der Waals surface area (Å²) in [4.78, 5) is 37.9. The highest BCUT2D eigenvalue weighted by atomic mass is 32.2. The standard InChI is InChI=1S/C12H19N3O4S/c13-12(19)14-3-1-2-8(6-14)10(16)15-4-5-20-7-9(15)11(17)18/h8-9H,1-7H2,(H2,13,19)(H,17,18). The fraction of sp³-hybridized carbons (Fsp3) is 0.750. The average Bonchev–Trinajstić information content (AvgIpc) is 2.46. The molecule has 0 aliphatic carbocycles. The van der Waals surface area contributed by atoms with Gasteiger partial charge in [-0.15, -0.1) is 0 Å². The van der Waals surface area contributed by atoms with Crippen LogP contribution in [0.5, 0.6) is 0 Å². The zero-order valence-corrected chi connectivity index (χ0v) is 12.0. The molecule has 0 radical (unpaired) electrons. The van der Waals surface area contributed by atoms with Gasteiger partial charge in [-0.2, -0.15) is 11.8 Å². The highest BCUT2D eigenvalue weighted by Crippen LogP contribution is 2.23. The number of aliphatic carboxylic acids is 1. The van der Waals surface area contributed by atoms with Gasteiger partial charge < -0.3 is 20.6 Å². The van der Waals surface area contributed by atoms with Gasteiger partial charge in [-0.1, -0.05) is 0 Å². The summed E-state index contributed by atoms with van der Waals surface area (Å²) in [6.45, 7) is 1.31. The van der Waals surface area contributed by atoms with Gasteiger partial charge >= 0.3 is 12.0 Å². The van der Waals surface area contributed by atoms with Gasteiger partial charge in [0, 0.05) is 31.1 Å². The Kier molecular flexibility index (Phi) is 4.74. The zero-order valence-electron chi connectivity index (χ0n) is 11.2. The molecule has 8 heteroatoms. The van der Waals surface area contributed by atoms with E-state index in [2.05, 4.69) is 0 Å². The number of nitrogens with zero attached hydrogens (tertiary/aromatic N) is 2. The number of amides is 3. The van der Waals surface area contributed by atoms with Crippen LogP contribution in [0.1, 0.15) is 12.8 Å². The number of likely N-dealkylation sites (tertiary alicyclic amines) is 1. The summed E-state index contributed by atoms with van der Waals surface area (Å²) in [5.74, 6) is -0.285. The van der Waals surface area contributed by atoms with E-state index in [1.807, 2.05) is 0 Å². The highest BCUT2D eigenvalue weighted by molar-refractivity contribution is 7.99. The summed E-state index contributed by atoms with van der Waals surface area (Å²) < 4.78 is 0. The van der Waals surface area contributed by atoms with Crippen LogP contribution in [0, 0.1) is 5.92 Å². The average molecular weight is 301 g/mol. The first-order valence-electron chi connectivity index (χ1n) is 6.66. The Morgan fingerprint density at radius 1 is 1.25 bits per heavy atom. The number of urea groups is 1. The summed E-state index contributed by atoms with van der Waals surface area (Å²) in [5, 5.41) is 9.20. The third-order valence-electron chi connectivity index (χ3n) is 3.78. The first kappa shape index (κ1) is 15.0. The Hall–Kier alpha value is -1.44. The number of rotatable bonds is 2. The molecule has 20 heavy (non-hydrogen) atoms. The number of nitrogens with two attached hydrogens (primary N) is 1. The predicted molar refractivity (Wildman–Crippen MR) is 74.3 cm³/mol. The molecule has 112 valence electrons. The second-order valence-electron chi connectivity index (χ2n) is 5.08. The number of thioether (sulfide) groups is 1. The molecule has 0 aromatic heterocycles. The van der Waals surface area contributed by atoms with Crippen LogP contribution in [0.3, 0.4) is 0 Å². The molecule has 2 aliphatic heterocycles. The van der Waals surface area contributed by atoms with Gasteiger partial charge in [0.2, 0.25) is 5.91 Å². The molecule has 2 rings (SSSR count). The van der Waals surface area contributed by atoms with Gasteiger partial charge in [0.15, 0.2) is 0 Å². The number of carboxylic acids is 1. The lowest BCUT2D eigenvalue weighted by atomic mass is 9.96. The summed E-state index contributed by atoms with van der Waals surface area (Å²) in [6, 6.07) is -1.28. The SMILES string of the molecule is NC(=O)N1CCCC(C(=O)N2CCSCC2C(=O)O)C1. The van der Waals surface area contributed by atoms with Crippen LogP contribution in [0.2, 0.25) is 0 Å². The van der Waals surface area contributed by atoms with E-state index in [0.717, 1.165) is 12.2 Å². The lowest BCUT2D eigenvalue weighted by molar-refractivity contribution is -0.151. The lowest BCUT2D eigenvalue weighted by Crippen LogP contribution is -2.55. The maximum atomic E-state index is 12.5. The van der Waals surface area contributed by atoms with E-state index in [1.165, 1.54) is 9.80 Å². The molecule has 3 N–H and O–H groups in total. The van der Waals surface area contributed by atoms with Gasteiger partial charge in [0.05, 0.1) is 5.92 Å². The number of hydrogen-bond acceptors (Lipinski definition) is 4. The minimum Gasteiger partial charge on any atom is -0.480 e. The third-order valence-corrected chi connectivity index (χ3v) is 4.80. The smallest absolute Gasteiger partial charge is 0.327 e. The summed E-state index contributed by atoms with van der Waals surface area (Å²) in [7, 11) is 0. The van der Waals surface area contributed by atoms with Crippen molar-refractivity contribution >= 4 is 29.7 Å². The Balaban J connectivity index is 2.05. The van der Waals surface area contributed by atoms with E-state index in [-0.39, 0.29) is 11.8 Å². The molecule has 0 saturated carbocycles. The topological polar surface area (TPSA) is 104 Å². The first-order valence-corrected chi connectivity index (χ1v) is 7.81. The molecule has 0 aromatic carbocycles. The maximum Gasteiger partial charge on any atom is 0.327 e. The Labute approximate surface area is 121 Å². The monoisotopic (exact) mass is 301 g/mol. The minimum absolute atomic E-state index is 0.163. The van der Waals surface area contributed by atoms with Gasteiger partial charge in [-0.25, -0.2) is 9.59 Å². The maximum absolute atomic E-state index is 12.5. The van der Waals surface area contributed by atoms with Crippen molar-refractivity contribution in [1.82, 2.24) is 9.80 Å². The molecule has 3 amide bonds. The van der Waals surface area contributed by atoms with Crippen molar-refractivity contribution < 1.29 is 19.5 Å². The molecule has 2 heterocycles. The molecule has 2 aliphatic rings. The molecule has 0 spiro atoms. The summed E-state index contributed by atoms with van der Waals surface area (Å²) in [5.41, 5.74) is 5.25. The molecule has 0 aromatic rings. The number of carbonyl (C=O) groups is 3. The molecule has 2 saturated heterocycles. The molecule has 2 fully saturated rings. The first-order chi connectivity index (χ1) is 9.50. The third kappa shape index (κ3) is 3.17. The Morgan fingerprint density at radius 2 is 2.00 bits per heavy atom. The van der Waals surface area contributed by atoms with Crippen LogP contribution >= 0.6 is 11.8 Å². The number of carbonyl (C=O) groups excluding carboxylic acids is 2. The summed E-state index contributed by atoms with van der Waals surface area (Å²) >= 11 is 1.55. The van der Waals surface area contributed by atoms with E-state index >= 15 is 0 Å². The van der Waals surface area contributed by atoms with Crippen molar-refractivity contribution in [3.63, 3.8) is 0 Å².